The molecule has 108 valence electrons. The first kappa shape index (κ1) is 13.7. The molecule has 2 aromatic carbocycles. The molecule has 0 aliphatic rings. The van der Waals surface area contributed by atoms with Gasteiger partial charge in [0.15, 0.2) is 0 Å². The van der Waals surface area contributed by atoms with Crippen LogP contribution in [0.2, 0.25) is 0 Å². The number of aromatic nitrogens is 1. The lowest BCUT2D eigenvalue weighted by Gasteiger charge is -2.05. The smallest absolute Gasteiger partial charge is 0.257 e. The monoisotopic (exact) mass is 291 g/mol. The van der Waals surface area contributed by atoms with Gasteiger partial charge in [0.2, 0.25) is 0 Å². The van der Waals surface area contributed by atoms with Crippen LogP contribution in [0.15, 0.2) is 48.7 Å². The lowest BCUT2D eigenvalue weighted by atomic mass is 10.1. The summed E-state index contributed by atoms with van der Waals surface area (Å²) in [5.74, 6) is 0.495. The lowest BCUT2D eigenvalue weighted by molar-refractivity contribution is 0.102. The van der Waals surface area contributed by atoms with Crippen LogP contribution in [0.3, 0.4) is 0 Å². The molecule has 5 nitrogen and oxygen atoms in total. The number of methoxy groups -OCH3 is 1. The number of anilines is 1. The van der Waals surface area contributed by atoms with Crippen LogP contribution in [0.4, 0.5) is 5.69 Å². The van der Waals surface area contributed by atoms with Crippen molar-refractivity contribution < 1.29 is 9.53 Å². The van der Waals surface area contributed by atoms with Crippen molar-refractivity contribution in [2.45, 2.75) is 0 Å². The Labute approximate surface area is 127 Å². The molecule has 0 unspecified atom stereocenters. The first-order valence-corrected chi connectivity index (χ1v) is 6.68. The van der Waals surface area contributed by atoms with Crippen LogP contribution in [0, 0.1) is 11.3 Å². The van der Waals surface area contributed by atoms with Gasteiger partial charge in [0, 0.05) is 28.9 Å². The quantitative estimate of drug-likeness (QED) is 0.777. The summed E-state index contributed by atoms with van der Waals surface area (Å²) in [7, 11) is 1.60. The molecule has 0 saturated heterocycles. The highest BCUT2D eigenvalue weighted by molar-refractivity contribution is 6.12. The zero-order valence-electron chi connectivity index (χ0n) is 11.9. The van der Waals surface area contributed by atoms with E-state index in [1.54, 1.807) is 37.6 Å². The highest BCUT2D eigenvalue weighted by atomic mass is 16.5. The second-order valence-corrected chi connectivity index (χ2v) is 4.76. The van der Waals surface area contributed by atoms with E-state index in [0.29, 0.717) is 16.8 Å². The van der Waals surface area contributed by atoms with Gasteiger partial charge in [-0.3, -0.25) is 4.79 Å². The number of rotatable bonds is 3. The van der Waals surface area contributed by atoms with Crippen LogP contribution in [0.1, 0.15) is 15.9 Å². The molecule has 22 heavy (non-hydrogen) atoms. The van der Waals surface area contributed by atoms with Crippen molar-refractivity contribution in [1.29, 1.82) is 5.26 Å². The molecule has 0 fully saturated rings. The van der Waals surface area contributed by atoms with Gasteiger partial charge < -0.3 is 15.0 Å². The molecule has 3 rings (SSSR count). The number of hydrogen-bond donors (Lipinski definition) is 2. The molecular formula is C17H13N3O2. The van der Waals surface area contributed by atoms with Crippen molar-refractivity contribution in [3.8, 4) is 11.8 Å². The van der Waals surface area contributed by atoms with Gasteiger partial charge in [-0.05, 0) is 30.3 Å². The number of amides is 1. The maximum atomic E-state index is 12.4. The molecule has 5 heteroatoms. The number of carbonyl (C=O) groups is 1. The average molecular weight is 291 g/mol. The maximum absolute atomic E-state index is 12.4. The summed E-state index contributed by atoms with van der Waals surface area (Å²) < 4.78 is 5.16. The number of nitrogens with zero attached hydrogens (tertiary/aromatic N) is 1. The van der Waals surface area contributed by atoms with E-state index in [4.69, 9.17) is 10.00 Å². The van der Waals surface area contributed by atoms with Crippen LogP contribution in [0.25, 0.3) is 10.9 Å². The minimum Gasteiger partial charge on any atom is -0.497 e. The summed E-state index contributed by atoms with van der Waals surface area (Å²) in [5.41, 5.74) is 2.46. The SMILES string of the molecule is COc1ccc2c(C(=O)Nc3cccc(C#N)c3)c[nH]c2c1. The summed E-state index contributed by atoms with van der Waals surface area (Å²) in [5, 5.41) is 12.5. The number of aromatic amines is 1. The van der Waals surface area contributed by atoms with Gasteiger partial charge in [-0.1, -0.05) is 6.07 Å². The molecule has 0 bridgehead atoms. The predicted molar refractivity (Wildman–Crippen MR) is 84.0 cm³/mol. The molecule has 0 saturated carbocycles. The van der Waals surface area contributed by atoms with E-state index in [2.05, 4.69) is 10.3 Å². The molecule has 0 aliphatic carbocycles. The van der Waals surface area contributed by atoms with E-state index in [0.717, 1.165) is 16.7 Å². The number of benzene rings is 2. The second-order valence-electron chi connectivity index (χ2n) is 4.76. The van der Waals surface area contributed by atoms with Gasteiger partial charge in [-0.2, -0.15) is 5.26 Å². The Bertz CT molecular complexity index is 890. The number of nitrogens with one attached hydrogen (secondary N) is 2. The first-order chi connectivity index (χ1) is 10.7. The highest BCUT2D eigenvalue weighted by Crippen LogP contribution is 2.24. The Hall–Kier alpha value is -3.26. The molecular weight excluding hydrogens is 278 g/mol. The Morgan fingerprint density at radius 3 is 2.91 bits per heavy atom. The molecule has 0 spiro atoms. The Morgan fingerprint density at radius 1 is 1.27 bits per heavy atom. The Kier molecular flexibility index (Phi) is 3.50. The van der Waals surface area contributed by atoms with E-state index >= 15 is 0 Å². The second kappa shape index (κ2) is 5.62. The van der Waals surface area contributed by atoms with Crippen LogP contribution >= 0.6 is 0 Å². The number of hydrogen-bond acceptors (Lipinski definition) is 3. The Morgan fingerprint density at radius 2 is 2.14 bits per heavy atom. The van der Waals surface area contributed by atoms with E-state index in [1.807, 2.05) is 24.3 Å². The van der Waals surface area contributed by atoms with Crippen molar-refractivity contribution in [1.82, 2.24) is 4.98 Å². The molecule has 0 atom stereocenters. The summed E-state index contributed by atoms with van der Waals surface area (Å²) in [6.07, 6.45) is 1.66. The molecule has 1 amide bonds. The van der Waals surface area contributed by atoms with Gasteiger partial charge in [-0.25, -0.2) is 0 Å². The normalized spacial score (nSPS) is 10.2. The molecule has 0 radical (unpaired) electrons. The van der Waals surface area contributed by atoms with Crippen molar-refractivity contribution in [2.24, 2.45) is 0 Å². The number of carbonyl (C=O) groups excluding carboxylic acids is 1. The highest BCUT2D eigenvalue weighted by Gasteiger charge is 2.13. The predicted octanol–water partition coefficient (Wildman–Crippen LogP) is 3.30. The van der Waals surface area contributed by atoms with Gasteiger partial charge >= 0.3 is 0 Å². The van der Waals surface area contributed by atoms with Crippen LogP contribution in [0.5, 0.6) is 5.75 Å². The van der Waals surface area contributed by atoms with E-state index in [1.165, 1.54) is 0 Å². The fourth-order valence-corrected chi connectivity index (χ4v) is 2.29. The summed E-state index contributed by atoms with van der Waals surface area (Å²) in [6, 6.07) is 14.3. The van der Waals surface area contributed by atoms with Crippen LogP contribution in [-0.2, 0) is 0 Å². The van der Waals surface area contributed by atoms with Gasteiger partial charge in [0.05, 0.1) is 24.3 Å². The molecule has 3 aromatic rings. The molecule has 0 aliphatic heterocycles. The summed E-state index contributed by atoms with van der Waals surface area (Å²) in [4.78, 5) is 15.5. The topological polar surface area (TPSA) is 77.9 Å². The van der Waals surface area contributed by atoms with Crippen molar-refractivity contribution in [2.75, 3.05) is 12.4 Å². The number of H-pyrrole nitrogens is 1. The van der Waals surface area contributed by atoms with Gasteiger partial charge in [0.1, 0.15) is 5.75 Å². The van der Waals surface area contributed by atoms with E-state index in [-0.39, 0.29) is 5.91 Å². The van der Waals surface area contributed by atoms with Gasteiger partial charge in [-0.15, -0.1) is 0 Å². The van der Waals surface area contributed by atoms with Crippen LogP contribution < -0.4 is 10.1 Å². The van der Waals surface area contributed by atoms with E-state index < -0.39 is 0 Å². The summed E-state index contributed by atoms with van der Waals surface area (Å²) in [6.45, 7) is 0. The molecule has 2 N–H and O–H groups in total. The summed E-state index contributed by atoms with van der Waals surface area (Å²) >= 11 is 0. The standard InChI is InChI=1S/C17H13N3O2/c1-22-13-5-6-14-15(10-19-16(14)8-13)17(21)20-12-4-2-3-11(7-12)9-18/h2-8,10,19H,1H3,(H,20,21). The minimum absolute atomic E-state index is 0.230. The van der Waals surface area contributed by atoms with Crippen molar-refractivity contribution >= 4 is 22.5 Å². The maximum Gasteiger partial charge on any atom is 0.257 e. The average Bonchev–Trinajstić information content (AvgIpc) is 2.98. The molecule has 1 heterocycles. The first-order valence-electron chi connectivity index (χ1n) is 6.68. The fraction of sp³-hybridized carbons (Fsp3) is 0.0588. The third kappa shape index (κ3) is 2.50. The third-order valence-electron chi connectivity index (χ3n) is 3.38. The number of ether oxygens (including phenoxy) is 1. The molecule has 1 aromatic heterocycles. The van der Waals surface area contributed by atoms with Crippen molar-refractivity contribution in [3.05, 3.63) is 59.8 Å². The Balaban J connectivity index is 1.90. The van der Waals surface area contributed by atoms with Crippen LogP contribution in [-0.4, -0.2) is 18.0 Å². The third-order valence-corrected chi connectivity index (χ3v) is 3.38. The number of fused-ring (bicyclic) bond motifs is 1. The van der Waals surface area contributed by atoms with Gasteiger partial charge in [0.25, 0.3) is 5.91 Å². The zero-order chi connectivity index (χ0) is 15.5. The lowest BCUT2D eigenvalue weighted by Crippen LogP contribution is -2.11. The number of nitriles is 1. The largest absolute Gasteiger partial charge is 0.497 e. The van der Waals surface area contributed by atoms with Crippen molar-refractivity contribution in [3.63, 3.8) is 0 Å². The zero-order valence-corrected chi connectivity index (χ0v) is 11.9. The minimum atomic E-state index is -0.230. The van der Waals surface area contributed by atoms with E-state index in [9.17, 15) is 4.79 Å². The fourth-order valence-electron chi connectivity index (χ4n) is 2.29.